The molecule has 0 aromatic carbocycles. The van der Waals surface area contributed by atoms with Gasteiger partial charge in [-0.05, 0) is 27.7 Å². The molecule has 1 heterocycles. The Morgan fingerprint density at radius 2 is 2.00 bits per heavy atom. The van der Waals surface area contributed by atoms with Crippen LogP contribution in [0.25, 0.3) is 0 Å². The molecular formula is C14H26N2O4. The number of carbonyl (C=O) groups excluding carboxylic acids is 2. The second-order valence-corrected chi connectivity index (χ2v) is 6.11. The Morgan fingerprint density at radius 1 is 1.35 bits per heavy atom. The van der Waals surface area contributed by atoms with Crippen molar-refractivity contribution in [2.75, 3.05) is 39.9 Å². The fraction of sp³-hybridized carbons (Fsp3) is 0.857. The summed E-state index contributed by atoms with van der Waals surface area (Å²) in [6.45, 7) is 9.94. The average Bonchev–Trinajstić information content (AvgIpc) is 2.32. The van der Waals surface area contributed by atoms with Crippen LogP contribution in [0.4, 0.5) is 0 Å². The largest absolute Gasteiger partial charge is 0.458 e. The van der Waals surface area contributed by atoms with E-state index < -0.39 is 5.60 Å². The van der Waals surface area contributed by atoms with Gasteiger partial charge in [0.05, 0.1) is 12.6 Å². The first-order chi connectivity index (χ1) is 9.20. The fourth-order valence-corrected chi connectivity index (χ4v) is 2.07. The highest BCUT2D eigenvalue weighted by Crippen LogP contribution is 2.09. The summed E-state index contributed by atoms with van der Waals surface area (Å²) in [7, 11) is 1.81. The van der Waals surface area contributed by atoms with Crippen molar-refractivity contribution < 1.29 is 19.1 Å². The van der Waals surface area contributed by atoms with E-state index in [2.05, 4.69) is 4.90 Å². The molecular weight excluding hydrogens is 260 g/mol. The van der Waals surface area contributed by atoms with Crippen LogP contribution in [0.1, 0.15) is 27.7 Å². The predicted octanol–water partition coefficient (Wildman–Crippen LogP) is 0.507. The number of ether oxygens (including phenoxy) is 2. The van der Waals surface area contributed by atoms with E-state index in [0.717, 1.165) is 13.1 Å². The van der Waals surface area contributed by atoms with Crippen LogP contribution in [0.5, 0.6) is 0 Å². The molecule has 1 saturated heterocycles. The third-order valence-corrected chi connectivity index (χ3v) is 3.17. The molecule has 116 valence electrons. The van der Waals surface area contributed by atoms with E-state index >= 15 is 0 Å². The number of carbonyl (C=O) groups is 2. The number of likely N-dealkylation sites (N-methyl/N-ethyl adjacent to an activating group) is 1. The second-order valence-electron chi connectivity index (χ2n) is 6.11. The lowest BCUT2D eigenvalue weighted by Gasteiger charge is -2.37. The van der Waals surface area contributed by atoms with E-state index in [1.165, 1.54) is 0 Å². The van der Waals surface area contributed by atoms with Gasteiger partial charge in [0.15, 0.2) is 0 Å². The minimum atomic E-state index is -0.487. The molecule has 6 heteroatoms. The van der Waals surface area contributed by atoms with Crippen molar-refractivity contribution in [3.05, 3.63) is 0 Å². The number of piperazine rings is 1. The zero-order chi connectivity index (χ0) is 15.3. The summed E-state index contributed by atoms with van der Waals surface area (Å²) in [5, 5.41) is 0. The molecule has 1 amide bonds. The Kier molecular flexibility index (Phi) is 5.95. The molecule has 0 saturated carbocycles. The highest BCUT2D eigenvalue weighted by molar-refractivity contribution is 5.81. The molecule has 1 atom stereocenters. The van der Waals surface area contributed by atoms with Gasteiger partial charge in [-0.15, -0.1) is 0 Å². The van der Waals surface area contributed by atoms with E-state index in [4.69, 9.17) is 9.47 Å². The third kappa shape index (κ3) is 5.46. The number of nitrogens with zero attached hydrogens (tertiary/aromatic N) is 2. The highest BCUT2D eigenvalue weighted by atomic mass is 16.6. The quantitative estimate of drug-likeness (QED) is 0.544. The van der Waals surface area contributed by atoms with Crippen molar-refractivity contribution in [1.82, 2.24) is 9.80 Å². The van der Waals surface area contributed by atoms with E-state index in [0.29, 0.717) is 13.2 Å². The lowest BCUT2D eigenvalue weighted by molar-refractivity contribution is -0.160. The zero-order valence-corrected chi connectivity index (χ0v) is 13.1. The zero-order valence-electron chi connectivity index (χ0n) is 13.1. The van der Waals surface area contributed by atoms with Crippen molar-refractivity contribution in [3.63, 3.8) is 0 Å². The number of esters is 1. The normalized spacial score (nSPS) is 21.1. The molecule has 1 fully saturated rings. The van der Waals surface area contributed by atoms with Crippen LogP contribution in [-0.2, 0) is 19.1 Å². The van der Waals surface area contributed by atoms with Gasteiger partial charge in [0.2, 0.25) is 5.91 Å². The Morgan fingerprint density at radius 3 is 2.60 bits per heavy atom. The van der Waals surface area contributed by atoms with Crippen molar-refractivity contribution in [1.29, 1.82) is 0 Å². The lowest BCUT2D eigenvalue weighted by atomic mass is 10.2. The summed E-state index contributed by atoms with van der Waals surface area (Å²) in [5.74, 6) is -0.233. The van der Waals surface area contributed by atoms with Gasteiger partial charge < -0.3 is 14.4 Å². The van der Waals surface area contributed by atoms with Crippen molar-refractivity contribution in [2.24, 2.45) is 0 Å². The van der Waals surface area contributed by atoms with Gasteiger partial charge in [-0.2, -0.15) is 0 Å². The van der Waals surface area contributed by atoms with Crippen LogP contribution < -0.4 is 0 Å². The van der Waals surface area contributed by atoms with E-state index in [1.807, 2.05) is 34.7 Å². The standard InChI is InChI=1S/C14H26N2O4/c1-11-13(18)15(5)6-7-16(11)8-9-19-10-12(17)20-14(2,3)4/h11H,6-10H2,1-5H3/t11-/m1/s1. The highest BCUT2D eigenvalue weighted by Gasteiger charge is 2.28. The molecule has 20 heavy (non-hydrogen) atoms. The van der Waals surface area contributed by atoms with Gasteiger partial charge in [0, 0.05) is 26.7 Å². The number of amides is 1. The Hall–Kier alpha value is -1.14. The van der Waals surface area contributed by atoms with E-state index in [1.54, 1.807) is 4.90 Å². The van der Waals surface area contributed by atoms with Crippen molar-refractivity contribution >= 4 is 11.9 Å². The number of hydrogen-bond acceptors (Lipinski definition) is 5. The van der Waals surface area contributed by atoms with Crippen LogP contribution in [-0.4, -0.2) is 73.2 Å². The molecule has 0 radical (unpaired) electrons. The Bertz CT molecular complexity index is 352. The van der Waals surface area contributed by atoms with Gasteiger partial charge in [-0.25, -0.2) is 4.79 Å². The molecule has 1 rings (SSSR count). The van der Waals surface area contributed by atoms with Crippen LogP contribution in [0.3, 0.4) is 0 Å². The first-order valence-corrected chi connectivity index (χ1v) is 6.99. The summed E-state index contributed by atoms with van der Waals surface area (Å²) < 4.78 is 10.5. The molecule has 0 unspecified atom stereocenters. The van der Waals surface area contributed by atoms with Crippen LogP contribution >= 0.6 is 0 Å². The number of hydrogen-bond donors (Lipinski definition) is 0. The Balaban J connectivity index is 2.21. The number of rotatable bonds is 5. The molecule has 0 aromatic rings. The summed E-state index contributed by atoms with van der Waals surface area (Å²) in [4.78, 5) is 27.1. The topological polar surface area (TPSA) is 59.1 Å². The van der Waals surface area contributed by atoms with Gasteiger partial charge in [0.25, 0.3) is 0 Å². The summed E-state index contributed by atoms with van der Waals surface area (Å²) >= 11 is 0. The minimum Gasteiger partial charge on any atom is -0.458 e. The smallest absolute Gasteiger partial charge is 0.332 e. The molecule has 1 aliphatic heterocycles. The maximum Gasteiger partial charge on any atom is 0.332 e. The minimum absolute atomic E-state index is 0.0483. The first kappa shape index (κ1) is 16.9. The third-order valence-electron chi connectivity index (χ3n) is 3.17. The molecule has 6 nitrogen and oxygen atoms in total. The van der Waals surface area contributed by atoms with Crippen molar-refractivity contribution in [3.8, 4) is 0 Å². The molecule has 0 N–H and O–H groups in total. The van der Waals surface area contributed by atoms with E-state index in [-0.39, 0.29) is 24.5 Å². The van der Waals surface area contributed by atoms with Crippen LogP contribution in [0, 0.1) is 0 Å². The van der Waals surface area contributed by atoms with E-state index in [9.17, 15) is 9.59 Å². The maximum absolute atomic E-state index is 11.8. The maximum atomic E-state index is 11.8. The fourth-order valence-electron chi connectivity index (χ4n) is 2.07. The van der Waals surface area contributed by atoms with Gasteiger partial charge in [-0.3, -0.25) is 9.69 Å². The summed E-state index contributed by atoms with van der Waals surface area (Å²) in [5.41, 5.74) is -0.487. The Labute approximate surface area is 121 Å². The predicted molar refractivity (Wildman–Crippen MR) is 75.3 cm³/mol. The first-order valence-electron chi connectivity index (χ1n) is 6.99. The summed E-state index contributed by atoms with van der Waals surface area (Å²) in [6, 6.07) is -0.126. The SMILES string of the molecule is C[C@@H]1C(=O)N(C)CCN1CCOCC(=O)OC(C)(C)C. The second kappa shape index (κ2) is 7.04. The summed E-state index contributed by atoms with van der Waals surface area (Å²) in [6.07, 6.45) is 0. The molecule has 1 aliphatic rings. The van der Waals surface area contributed by atoms with Crippen LogP contribution in [0.15, 0.2) is 0 Å². The van der Waals surface area contributed by atoms with Crippen molar-refractivity contribution in [2.45, 2.75) is 39.3 Å². The average molecular weight is 286 g/mol. The molecule has 0 spiro atoms. The van der Waals surface area contributed by atoms with Gasteiger partial charge in [-0.1, -0.05) is 0 Å². The van der Waals surface area contributed by atoms with Crippen LogP contribution in [0.2, 0.25) is 0 Å². The monoisotopic (exact) mass is 286 g/mol. The van der Waals surface area contributed by atoms with Gasteiger partial charge >= 0.3 is 5.97 Å². The lowest BCUT2D eigenvalue weighted by Crippen LogP contribution is -2.55. The van der Waals surface area contributed by atoms with Gasteiger partial charge in [0.1, 0.15) is 12.2 Å². The molecule has 0 aromatic heterocycles. The molecule has 0 bridgehead atoms. The molecule has 0 aliphatic carbocycles.